The van der Waals surface area contributed by atoms with E-state index in [0.717, 1.165) is 6.07 Å². The smallest absolute Gasteiger partial charge is 0.320 e. The summed E-state index contributed by atoms with van der Waals surface area (Å²) in [5.74, 6) is -0.700. The number of hydrogen-bond acceptors (Lipinski definition) is 2. The second kappa shape index (κ2) is 5.62. The van der Waals surface area contributed by atoms with E-state index in [2.05, 4.69) is 26.2 Å². The molecule has 7 heteroatoms. The van der Waals surface area contributed by atoms with Gasteiger partial charge in [0.1, 0.15) is 5.69 Å². The molecule has 1 amide bonds. The SMILES string of the molecule is O=C(Nc1ccccc1C(F)(F)F)c1ccc(Br)cn1. The Balaban J connectivity index is 2.26. The summed E-state index contributed by atoms with van der Waals surface area (Å²) in [6.45, 7) is 0. The zero-order valence-corrected chi connectivity index (χ0v) is 11.5. The van der Waals surface area contributed by atoms with Crippen LogP contribution in [0.5, 0.6) is 0 Å². The van der Waals surface area contributed by atoms with Crippen molar-refractivity contribution in [1.82, 2.24) is 4.98 Å². The maximum atomic E-state index is 12.8. The van der Waals surface area contributed by atoms with Gasteiger partial charge in [0.25, 0.3) is 5.91 Å². The number of nitrogens with one attached hydrogen (secondary N) is 1. The molecule has 20 heavy (non-hydrogen) atoms. The first-order valence-electron chi connectivity index (χ1n) is 5.47. The molecule has 1 heterocycles. The van der Waals surface area contributed by atoms with Gasteiger partial charge in [-0.25, -0.2) is 4.98 Å². The molecule has 0 spiro atoms. The summed E-state index contributed by atoms with van der Waals surface area (Å²) in [5, 5.41) is 2.22. The van der Waals surface area contributed by atoms with Crippen LogP contribution in [0.15, 0.2) is 47.1 Å². The van der Waals surface area contributed by atoms with Crippen LogP contribution in [-0.2, 0) is 6.18 Å². The summed E-state index contributed by atoms with van der Waals surface area (Å²) in [6.07, 6.45) is -3.14. The molecule has 1 aromatic heterocycles. The van der Waals surface area contributed by atoms with Gasteiger partial charge in [0, 0.05) is 10.7 Å². The molecule has 104 valence electrons. The summed E-state index contributed by atoms with van der Waals surface area (Å²) in [6, 6.07) is 7.77. The number of carbonyl (C=O) groups is 1. The lowest BCUT2D eigenvalue weighted by Gasteiger charge is -2.13. The molecule has 0 unspecified atom stereocenters. The Bertz CT molecular complexity index is 626. The molecule has 0 saturated heterocycles. The number of anilines is 1. The summed E-state index contributed by atoms with van der Waals surface area (Å²) in [4.78, 5) is 15.7. The Labute approximate surface area is 121 Å². The predicted octanol–water partition coefficient (Wildman–Crippen LogP) is 4.12. The lowest BCUT2D eigenvalue weighted by molar-refractivity contribution is -0.136. The maximum absolute atomic E-state index is 12.8. The second-order valence-electron chi connectivity index (χ2n) is 3.86. The van der Waals surface area contributed by atoms with Crippen LogP contribution in [0.3, 0.4) is 0 Å². The van der Waals surface area contributed by atoms with Crippen molar-refractivity contribution < 1.29 is 18.0 Å². The Morgan fingerprint density at radius 1 is 1.15 bits per heavy atom. The number of nitrogens with zero attached hydrogens (tertiary/aromatic N) is 1. The minimum absolute atomic E-state index is 0.0326. The Kier molecular flexibility index (Phi) is 4.08. The largest absolute Gasteiger partial charge is 0.418 e. The van der Waals surface area contributed by atoms with E-state index in [-0.39, 0.29) is 11.4 Å². The topological polar surface area (TPSA) is 42.0 Å². The molecular formula is C13H8BrF3N2O. The van der Waals surface area contributed by atoms with Crippen LogP contribution in [0.2, 0.25) is 0 Å². The van der Waals surface area contributed by atoms with Crippen molar-refractivity contribution in [3.63, 3.8) is 0 Å². The molecule has 0 fully saturated rings. The zero-order valence-electron chi connectivity index (χ0n) is 9.91. The van der Waals surface area contributed by atoms with E-state index in [9.17, 15) is 18.0 Å². The number of para-hydroxylation sites is 1. The molecule has 2 aromatic rings. The normalized spacial score (nSPS) is 11.2. The van der Waals surface area contributed by atoms with Crippen LogP contribution in [0.4, 0.5) is 18.9 Å². The third kappa shape index (κ3) is 3.36. The molecule has 0 bridgehead atoms. The van der Waals surface area contributed by atoms with Gasteiger partial charge in [0.15, 0.2) is 0 Å². The predicted molar refractivity (Wildman–Crippen MR) is 71.3 cm³/mol. The van der Waals surface area contributed by atoms with Crippen molar-refractivity contribution in [3.05, 3.63) is 58.3 Å². The van der Waals surface area contributed by atoms with Gasteiger partial charge in [0.05, 0.1) is 11.3 Å². The molecule has 0 saturated carbocycles. The lowest BCUT2D eigenvalue weighted by atomic mass is 10.1. The first kappa shape index (κ1) is 14.5. The highest BCUT2D eigenvalue weighted by Crippen LogP contribution is 2.34. The third-order valence-electron chi connectivity index (χ3n) is 2.44. The van der Waals surface area contributed by atoms with E-state index in [1.165, 1.54) is 30.5 Å². The van der Waals surface area contributed by atoms with Crippen LogP contribution in [0.25, 0.3) is 0 Å². The molecular weight excluding hydrogens is 337 g/mol. The van der Waals surface area contributed by atoms with Crippen molar-refractivity contribution in [3.8, 4) is 0 Å². The highest BCUT2D eigenvalue weighted by atomic mass is 79.9. The quantitative estimate of drug-likeness (QED) is 0.890. The van der Waals surface area contributed by atoms with E-state index in [4.69, 9.17) is 0 Å². The number of alkyl halides is 3. The van der Waals surface area contributed by atoms with Crippen molar-refractivity contribution in [2.75, 3.05) is 5.32 Å². The standard InChI is InChI=1S/C13H8BrF3N2O/c14-8-5-6-11(18-7-8)12(20)19-10-4-2-1-3-9(10)13(15,16)17/h1-7H,(H,19,20). The highest BCUT2D eigenvalue weighted by molar-refractivity contribution is 9.10. The van der Waals surface area contributed by atoms with Crippen LogP contribution < -0.4 is 5.32 Å². The fraction of sp³-hybridized carbons (Fsp3) is 0.0769. The van der Waals surface area contributed by atoms with Crippen LogP contribution in [0, 0.1) is 0 Å². The fourth-order valence-corrected chi connectivity index (χ4v) is 1.77. The second-order valence-corrected chi connectivity index (χ2v) is 4.77. The average Bonchev–Trinajstić information content (AvgIpc) is 2.38. The minimum atomic E-state index is -4.53. The monoisotopic (exact) mass is 344 g/mol. The molecule has 0 atom stereocenters. The van der Waals surface area contributed by atoms with Gasteiger partial charge in [-0.15, -0.1) is 0 Å². The number of aromatic nitrogens is 1. The van der Waals surface area contributed by atoms with Crippen molar-refractivity contribution >= 4 is 27.5 Å². The van der Waals surface area contributed by atoms with Gasteiger partial charge < -0.3 is 5.32 Å². The van der Waals surface area contributed by atoms with Crippen molar-refractivity contribution in [2.45, 2.75) is 6.18 Å². The van der Waals surface area contributed by atoms with E-state index in [1.54, 1.807) is 6.07 Å². The van der Waals surface area contributed by atoms with Crippen LogP contribution in [0.1, 0.15) is 16.1 Å². The van der Waals surface area contributed by atoms with Gasteiger partial charge in [-0.05, 0) is 40.2 Å². The van der Waals surface area contributed by atoms with Crippen LogP contribution >= 0.6 is 15.9 Å². The minimum Gasteiger partial charge on any atom is -0.320 e. The number of carbonyl (C=O) groups excluding carboxylic acids is 1. The van der Waals surface area contributed by atoms with E-state index < -0.39 is 17.6 Å². The van der Waals surface area contributed by atoms with Crippen molar-refractivity contribution in [2.24, 2.45) is 0 Å². The average molecular weight is 345 g/mol. The number of benzene rings is 1. The number of hydrogen-bond donors (Lipinski definition) is 1. The fourth-order valence-electron chi connectivity index (χ4n) is 1.54. The van der Waals surface area contributed by atoms with E-state index in [1.807, 2.05) is 0 Å². The zero-order chi connectivity index (χ0) is 14.8. The number of pyridine rings is 1. The van der Waals surface area contributed by atoms with Crippen molar-refractivity contribution in [1.29, 1.82) is 0 Å². The molecule has 0 radical (unpaired) electrons. The van der Waals surface area contributed by atoms with Gasteiger partial charge in [0.2, 0.25) is 0 Å². The number of halogens is 4. The van der Waals surface area contributed by atoms with Gasteiger partial charge in [-0.2, -0.15) is 13.2 Å². The molecule has 1 aromatic carbocycles. The van der Waals surface area contributed by atoms with Crippen LogP contribution in [-0.4, -0.2) is 10.9 Å². The van der Waals surface area contributed by atoms with Gasteiger partial charge in [-0.1, -0.05) is 12.1 Å². The Hall–Kier alpha value is -1.89. The number of amides is 1. The summed E-state index contributed by atoms with van der Waals surface area (Å²) >= 11 is 3.16. The molecule has 0 aliphatic carbocycles. The first-order chi connectivity index (χ1) is 9.38. The first-order valence-corrected chi connectivity index (χ1v) is 6.26. The molecule has 2 rings (SSSR count). The van der Waals surface area contributed by atoms with Gasteiger partial charge in [-0.3, -0.25) is 4.79 Å². The maximum Gasteiger partial charge on any atom is 0.418 e. The summed E-state index contributed by atoms with van der Waals surface area (Å²) in [7, 11) is 0. The lowest BCUT2D eigenvalue weighted by Crippen LogP contribution is -2.17. The Morgan fingerprint density at radius 3 is 2.45 bits per heavy atom. The number of rotatable bonds is 2. The third-order valence-corrected chi connectivity index (χ3v) is 2.91. The highest BCUT2D eigenvalue weighted by Gasteiger charge is 2.33. The van der Waals surface area contributed by atoms with E-state index in [0.29, 0.717) is 4.47 Å². The van der Waals surface area contributed by atoms with Gasteiger partial charge >= 0.3 is 6.18 Å². The Morgan fingerprint density at radius 2 is 1.85 bits per heavy atom. The molecule has 0 aliphatic rings. The summed E-state index contributed by atoms with van der Waals surface area (Å²) in [5.41, 5.74) is -1.16. The van der Waals surface area contributed by atoms with E-state index >= 15 is 0 Å². The summed E-state index contributed by atoms with van der Waals surface area (Å²) < 4.78 is 39.0. The molecule has 1 N–H and O–H groups in total. The molecule has 3 nitrogen and oxygen atoms in total. The molecule has 0 aliphatic heterocycles.